The fraction of sp³-hybridized carbons (Fsp3) is 0.154. The van der Waals surface area contributed by atoms with E-state index in [1.165, 1.54) is 11.1 Å². The number of H-pyrrole nitrogens is 1. The van der Waals surface area contributed by atoms with Crippen molar-refractivity contribution < 1.29 is 4.79 Å². The number of rotatable bonds is 4. The van der Waals surface area contributed by atoms with Crippen molar-refractivity contribution in [2.75, 3.05) is 0 Å². The minimum Gasteiger partial charge on any atom is -0.345 e. The highest BCUT2D eigenvalue weighted by molar-refractivity contribution is 6.36. The van der Waals surface area contributed by atoms with Gasteiger partial charge < -0.3 is 5.32 Å². The van der Waals surface area contributed by atoms with E-state index in [1.807, 2.05) is 42.5 Å². The molecule has 0 bridgehead atoms. The van der Waals surface area contributed by atoms with E-state index in [1.54, 1.807) is 12.1 Å². The van der Waals surface area contributed by atoms with Crippen molar-refractivity contribution in [3.63, 3.8) is 0 Å². The number of benzene rings is 3. The highest BCUT2D eigenvalue weighted by Crippen LogP contribution is 2.32. The van der Waals surface area contributed by atoms with Gasteiger partial charge in [-0.25, -0.2) is 0 Å². The molecule has 0 saturated heterocycles. The van der Waals surface area contributed by atoms with E-state index < -0.39 is 0 Å². The van der Waals surface area contributed by atoms with Crippen LogP contribution in [0.2, 0.25) is 10.0 Å². The zero-order valence-corrected chi connectivity index (χ0v) is 18.8. The Morgan fingerprint density at radius 1 is 1.00 bits per heavy atom. The quantitative estimate of drug-likeness (QED) is 0.348. The van der Waals surface area contributed by atoms with Crippen LogP contribution in [0.5, 0.6) is 0 Å². The van der Waals surface area contributed by atoms with E-state index in [2.05, 4.69) is 33.7 Å². The molecule has 32 heavy (non-hydrogen) atoms. The Bertz CT molecular complexity index is 1280. The number of amides is 1. The largest absolute Gasteiger partial charge is 0.345 e. The summed E-state index contributed by atoms with van der Waals surface area (Å²) >= 11 is 12.3. The second kappa shape index (κ2) is 8.81. The Hall–Kier alpha value is -3.08. The van der Waals surface area contributed by atoms with Gasteiger partial charge in [0.25, 0.3) is 5.91 Å². The van der Waals surface area contributed by atoms with Gasteiger partial charge in [0.2, 0.25) is 0 Å². The number of hydrogen-bond acceptors (Lipinski definition) is 2. The SMILES string of the molecule is O=C(NC1CCCc2ccccc21)c1ccc(-c2cc(-c3ccc(Cl)cc3Cl)[nH]n2)cc1. The topological polar surface area (TPSA) is 57.8 Å². The van der Waals surface area contributed by atoms with Gasteiger partial charge in [0, 0.05) is 21.7 Å². The highest BCUT2D eigenvalue weighted by Gasteiger charge is 2.22. The molecule has 1 unspecified atom stereocenters. The maximum absolute atomic E-state index is 12.9. The van der Waals surface area contributed by atoms with Gasteiger partial charge in [-0.1, -0.05) is 59.6 Å². The van der Waals surface area contributed by atoms with E-state index in [9.17, 15) is 4.79 Å². The smallest absolute Gasteiger partial charge is 0.251 e. The monoisotopic (exact) mass is 461 g/mol. The first-order valence-corrected chi connectivity index (χ1v) is 11.3. The van der Waals surface area contributed by atoms with E-state index in [4.69, 9.17) is 23.2 Å². The average Bonchev–Trinajstić information content (AvgIpc) is 3.29. The van der Waals surface area contributed by atoms with Crippen LogP contribution in [-0.2, 0) is 6.42 Å². The number of aryl methyl sites for hydroxylation is 1. The Balaban J connectivity index is 1.32. The number of nitrogens with zero attached hydrogens (tertiary/aromatic N) is 1. The summed E-state index contributed by atoms with van der Waals surface area (Å²) in [5.41, 5.74) is 6.52. The van der Waals surface area contributed by atoms with Gasteiger partial charge in [-0.3, -0.25) is 9.89 Å². The van der Waals surface area contributed by atoms with Crippen molar-refractivity contribution in [2.45, 2.75) is 25.3 Å². The van der Waals surface area contributed by atoms with Gasteiger partial charge in [0.1, 0.15) is 0 Å². The second-order valence-electron chi connectivity index (χ2n) is 7.99. The second-order valence-corrected chi connectivity index (χ2v) is 8.83. The molecule has 1 heterocycles. The van der Waals surface area contributed by atoms with Crippen LogP contribution in [0.25, 0.3) is 22.5 Å². The van der Waals surface area contributed by atoms with Crippen LogP contribution >= 0.6 is 23.2 Å². The first-order valence-electron chi connectivity index (χ1n) is 10.6. The Morgan fingerprint density at radius 2 is 1.81 bits per heavy atom. The molecule has 2 N–H and O–H groups in total. The van der Waals surface area contributed by atoms with Crippen molar-refractivity contribution in [3.8, 4) is 22.5 Å². The number of aromatic amines is 1. The van der Waals surface area contributed by atoms with Crippen molar-refractivity contribution in [1.82, 2.24) is 15.5 Å². The van der Waals surface area contributed by atoms with Crippen LogP contribution in [0.1, 0.15) is 40.4 Å². The summed E-state index contributed by atoms with van der Waals surface area (Å²) in [6, 6.07) is 23.2. The number of aromatic nitrogens is 2. The van der Waals surface area contributed by atoms with E-state index in [-0.39, 0.29) is 11.9 Å². The van der Waals surface area contributed by atoms with Gasteiger partial charge in [-0.15, -0.1) is 0 Å². The summed E-state index contributed by atoms with van der Waals surface area (Å²) < 4.78 is 0. The molecule has 0 aliphatic heterocycles. The first-order chi connectivity index (χ1) is 15.6. The number of nitrogens with one attached hydrogen (secondary N) is 2. The lowest BCUT2D eigenvalue weighted by atomic mass is 9.87. The zero-order chi connectivity index (χ0) is 22.1. The molecule has 4 nitrogen and oxygen atoms in total. The van der Waals surface area contributed by atoms with Gasteiger partial charge in [0.15, 0.2) is 0 Å². The number of carbonyl (C=O) groups is 1. The molecule has 1 aliphatic carbocycles. The molecule has 1 aliphatic rings. The average molecular weight is 462 g/mol. The normalized spacial score (nSPS) is 15.2. The maximum atomic E-state index is 12.9. The lowest BCUT2D eigenvalue weighted by Gasteiger charge is -2.26. The summed E-state index contributed by atoms with van der Waals surface area (Å²) in [7, 11) is 0. The van der Waals surface area contributed by atoms with Gasteiger partial charge >= 0.3 is 0 Å². The molecule has 5 rings (SSSR count). The number of hydrogen-bond donors (Lipinski definition) is 2. The molecular weight excluding hydrogens is 441 g/mol. The van der Waals surface area contributed by atoms with Crippen LogP contribution < -0.4 is 5.32 Å². The minimum absolute atomic E-state index is 0.0603. The highest BCUT2D eigenvalue weighted by atomic mass is 35.5. The van der Waals surface area contributed by atoms with Crippen LogP contribution in [0, 0.1) is 0 Å². The molecule has 1 aromatic heterocycles. The summed E-state index contributed by atoms with van der Waals surface area (Å²) in [4.78, 5) is 12.9. The van der Waals surface area contributed by atoms with Crippen molar-refractivity contribution >= 4 is 29.1 Å². The first kappa shape index (κ1) is 20.8. The Morgan fingerprint density at radius 3 is 2.62 bits per heavy atom. The third kappa shape index (κ3) is 4.16. The summed E-state index contributed by atoms with van der Waals surface area (Å²) in [5.74, 6) is -0.0612. The third-order valence-corrected chi connectivity index (χ3v) is 6.46. The van der Waals surface area contributed by atoms with Crippen LogP contribution in [-0.4, -0.2) is 16.1 Å². The molecular formula is C26H21Cl2N3O. The third-order valence-electron chi connectivity index (χ3n) is 5.92. The molecule has 0 radical (unpaired) electrons. The predicted molar refractivity (Wildman–Crippen MR) is 129 cm³/mol. The number of fused-ring (bicyclic) bond motifs is 1. The molecule has 3 aromatic carbocycles. The standard InChI is InChI=1S/C26H21Cl2N3O/c27-19-12-13-21(22(28)14-19)25-15-24(30-31-25)17-8-10-18(11-9-17)26(32)29-23-7-3-5-16-4-1-2-6-20(16)23/h1-2,4,6,8-15,23H,3,5,7H2,(H,29,32)(H,30,31). The Kier molecular flexibility index (Phi) is 5.73. The zero-order valence-electron chi connectivity index (χ0n) is 17.2. The molecule has 0 fully saturated rings. The number of halogens is 2. The van der Waals surface area contributed by atoms with Crippen LogP contribution in [0.3, 0.4) is 0 Å². The summed E-state index contributed by atoms with van der Waals surface area (Å²) in [5, 5.41) is 11.8. The van der Waals surface area contributed by atoms with E-state index in [0.717, 1.165) is 41.8 Å². The van der Waals surface area contributed by atoms with Crippen molar-refractivity contribution in [3.05, 3.63) is 99.5 Å². The molecule has 6 heteroatoms. The summed E-state index contributed by atoms with van der Waals surface area (Å²) in [6.07, 6.45) is 3.12. The Labute approximate surface area is 196 Å². The molecule has 1 amide bonds. The van der Waals surface area contributed by atoms with Gasteiger partial charge in [-0.05, 0) is 66.8 Å². The molecule has 1 atom stereocenters. The fourth-order valence-corrected chi connectivity index (χ4v) is 4.76. The number of carbonyl (C=O) groups excluding carboxylic acids is 1. The van der Waals surface area contributed by atoms with Crippen molar-refractivity contribution in [1.29, 1.82) is 0 Å². The van der Waals surface area contributed by atoms with Gasteiger partial charge in [0.05, 0.1) is 22.5 Å². The molecule has 160 valence electrons. The lowest BCUT2D eigenvalue weighted by Crippen LogP contribution is -2.30. The minimum atomic E-state index is -0.0612. The lowest BCUT2D eigenvalue weighted by molar-refractivity contribution is 0.0933. The van der Waals surface area contributed by atoms with Crippen molar-refractivity contribution in [2.24, 2.45) is 0 Å². The molecule has 0 saturated carbocycles. The van der Waals surface area contributed by atoms with E-state index in [0.29, 0.717) is 15.6 Å². The van der Waals surface area contributed by atoms with Gasteiger partial charge in [-0.2, -0.15) is 5.10 Å². The van der Waals surface area contributed by atoms with Crippen LogP contribution in [0.15, 0.2) is 72.8 Å². The summed E-state index contributed by atoms with van der Waals surface area (Å²) in [6.45, 7) is 0. The fourth-order valence-electron chi connectivity index (χ4n) is 4.25. The van der Waals surface area contributed by atoms with Crippen LogP contribution in [0.4, 0.5) is 0 Å². The molecule has 4 aromatic rings. The predicted octanol–water partition coefficient (Wildman–Crippen LogP) is 6.86. The maximum Gasteiger partial charge on any atom is 0.251 e. The van der Waals surface area contributed by atoms with E-state index >= 15 is 0 Å². The molecule has 0 spiro atoms.